The number of hydrogen-bond donors (Lipinski definition) is 3. The molecule has 0 radical (unpaired) electrons. The van der Waals surface area contributed by atoms with Gasteiger partial charge in [0, 0.05) is 56.9 Å². The summed E-state index contributed by atoms with van der Waals surface area (Å²) < 4.78 is 68.9. The molecule has 0 bridgehead atoms. The quantitative estimate of drug-likeness (QED) is 0.484. The number of piperazine rings is 1. The molecule has 4 heterocycles. The van der Waals surface area contributed by atoms with Gasteiger partial charge in [-0.05, 0) is 19.2 Å². The van der Waals surface area contributed by atoms with Gasteiger partial charge in [0.25, 0.3) is 5.91 Å². The molecule has 2 aromatic rings. The zero-order valence-corrected chi connectivity index (χ0v) is 20.0. The summed E-state index contributed by atoms with van der Waals surface area (Å²) in [6.45, 7) is 5.82. The Balaban J connectivity index is 0.000000301. The van der Waals surface area contributed by atoms with Crippen molar-refractivity contribution >= 4 is 17.8 Å². The number of nitrogens with zero attached hydrogens (tertiary/aromatic N) is 4. The monoisotopic (exact) mass is 557 g/mol. The highest BCUT2D eigenvalue weighted by Crippen LogP contribution is 2.23. The Morgan fingerprint density at radius 2 is 1.55 bits per heavy atom. The van der Waals surface area contributed by atoms with E-state index < -0.39 is 24.3 Å². The van der Waals surface area contributed by atoms with Crippen molar-refractivity contribution in [3.8, 4) is 0 Å². The van der Waals surface area contributed by atoms with E-state index >= 15 is 0 Å². The Kier molecular flexibility index (Phi) is 10.3. The van der Waals surface area contributed by atoms with E-state index in [0.717, 1.165) is 69.3 Å². The second-order valence-electron chi connectivity index (χ2n) is 8.27. The lowest BCUT2D eigenvalue weighted by Crippen LogP contribution is -2.47. The van der Waals surface area contributed by atoms with Gasteiger partial charge in [-0.25, -0.2) is 9.59 Å². The molecule has 17 heteroatoms. The van der Waals surface area contributed by atoms with Crippen molar-refractivity contribution < 1.29 is 55.4 Å². The lowest BCUT2D eigenvalue weighted by atomic mass is 10.0. The fourth-order valence-corrected chi connectivity index (χ4v) is 3.45. The van der Waals surface area contributed by atoms with E-state index in [1.807, 2.05) is 17.0 Å². The molecule has 212 valence electrons. The number of fused-ring (bicyclic) bond motifs is 1. The minimum Gasteiger partial charge on any atom is -0.475 e. The maximum Gasteiger partial charge on any atom is 0.490 e. The number of alkyl halides is 6. The molecular weight excluding hydrogens is 532 g/mol. The number of carboxylic acids is 2. The zero-order chi connectivity index (χ0) is 28.7. The van der Waals surface area contributed by atoms with Crippen molar-refractivity contribution in [1.29, 1.82) is 0 Å². The second-order valence-corrected chi connectivity index (χ2v) is 8.27. The number of carboxylic acid groups (broad SMARTS) is 2. The summed E-state index contributed by atoms with van der Waals surface area (Å²) in [6, 6.07) is 3.89. The summed E-state index contributed by atoms with van der Waals surface area (Å²) >= 11 is 0. The predicted octanol–water partition coefficient (Wildman–Crippen LogP) is 2.22. The van der Waals surface area contributed by atoms with Crippen LogP contribution in [0, 0.1) is 0 Å². The van der Waals surface area contributed by atoms with E-state index in [0.29, 0.717) is 5.69 Å². The van der Waals surface area contributed by atoms with Crippen molar-refractivity contribution in [2.75, 3.05) is 39.8 Å². The summed E-state index contributed by atoms with van der Waals surface area (Å²) in [5.41, 5.74) is 2.75. The molecule has 0 saturated carbocycles. The Morgan fingerprint density at radius 3 is 2.03 bits per heavy atom. The molecular formula is C21H25F6N5O6. The zero-order valence-electron chi connectivity index (χ0n) is 20.0. The fourth-order valence-electron chi connectivity index (χ4n) is 3.45. The van der Waals surface area contributed by atoms with Gasteiger partial charge in [0.15, 0.2) is 5.69 Å². The van der Waals surface area contributed by atoms with Crippen LogP contribution in [0.1, 0.15) is 27.5 Å². The van der Waals surface area contributed by atoms with Crippen molar-refractivity contribution in [3.63, 3.8) is 0 Å². The molecule has 2 aliphatic rings. The van der Waals surface area contributed by atoms with Crippen molar-refractivity contribution in [2.24, 2.45) is 0 Å². The van der Waals surface area contributed by atoms with Crippen LogP contribution in [-0.2, 0) is 29.1 Å². The van der Waals surface area contributed by atoms with Gasteiger partial charge >= 0.3 is 24.3 Å². The number of amides is 1. The predicted molar refractivity (Wildman–Crippen MR) is 116 cm³/mol. The van der Waals surface area contributed by atoms with E-state index in [-0.39, 0.29) is 5.91 Å². The molecule has 0 unspecified atom stereocenters. The first-order chi connectivity index (χ1) is 17.6. The van der Waals surface area contributed by atoms with Crippen LogP contribution in [0.4, 0.5) is 26.3 Å². The number of hydrogen-bond acceptors (Lipinski definition) is 7. The number of aromatic nitrogens is 2. The third kappa shape index (κ3) is 9.05. The number of carbonyl (C=O) groups is 3. The van der Waals surface area contributed by atoms with Gasteiger partial charge in [0.05, 0.1) is 12.8 Å². The van der Waals surface area contributed by atoms with Gasteiger partial charge in [-0.2, -0.15) is 31.4 Å². The largest absolute Gasteiger partial charge is 0.490 e. The summed E-state index contributed by atoms with van der Waals surface area (Å²) in [5, 5.41) is 21.7. The number of halogens is 6. The number of nitrogens with one attached hydrogen (secondary N) is 1. The maximum atomic E-state index is 12.9. The van der Waals surface area contributed by atoms with E-state index in [1.54, 1.807) is 6.26 Å². The number of aliphatic carboxylic acids is 2. The first kappa shape index (κ1) is 30.6. The van der Waals surface area contributed by atoms with Crippen molar-refractivity contribution in [2.45, 2.75) is 31.9 Å². The Morgan fingerprint density at radius 1 is 1.00 bits per heavy atom. The van der Waals surface area contributed by atoms with E-state index in [1.165, 1.54) is 0 Å². The van der Waals surface area contributed by atoms with Gasteiger partial charge in [-0.3, -0.25) is 14.8 Å². The van der Waals surface area contributed by atoms with Gasteiger partial charge < -0.3 is 24.4 Å². The summed E-state index contributed by atoms with van der Waals surface area (Å²) in [7, 11) is 2.09. The normalized spacial score (nSPS) is 16.4. The number of H-pyrrole nitrogens is 1. The molecule has 3 N–H and O–H groups in total. The fraction of sp³-hybridized carbons (Fsp3) is 0.524. The molecule has 11 nitrogen and oxygen atoms in total. The topological polar surface area (TPSA) is 143 Å². The highest BCUT2D eigenvalue weighted by molar-refractivity contribution is 5.94. The second kappa shape index (κ2) is 12.8. The molecule has 4 rings (SSSR count). The van der Waals surface area contributed by atoms with Crippen molar-refractivity contribution in [1.82, 2.24) is 24.9 Å². The van der Waals surface area contributed by atoms with Crippen LogP contribution < -0.4 is 0 Å². The van der Waals surface area contributed by atoms with E-state index in [2.05, 4.69) is 27.0 Å². The molecule has 0 atom stereocenters. The number of furan rings is 1. The first-order valence-electron chi connectivity index (χ1n) is 11.0. The third-order valence-corrected chi connectivity index (χ3v) is 5.45. The molecule has 38 heavy (non-hydrogen) atoms. The minimum absolute atomic E-state index is 0.0560. The van der Waals surface area contributed by atoms with Crippen LogP contribution in [0.25, 0.3) is 0 Å². The molecule has 1 amide bonds. The lowest BCUT2D eigenvalue weighted by Gasteiger charge is -2.32. The van der Waals surface area contributed by atoms with Crippen molar-refractivity contribution in [3.05, 3.63) is 41.1 Å². The number of rotatable bonds is 3. The van der Waals surface area contributed by atoms with Crippen LogP contribution in [0.3, 0.4) is 0 Å². The summed E-state index contributed by atoms with van der Waals surface area (Å²) in [6.07, 6.45) is -7.58. The smallest absolute Gasteiger partial charge is 0.475 e. The van der Waals surface area contributed by atoms with E-state index in [4.69, 9.17) is 24.2 Å². The van der Waals surface area contributed by atoms with Crippen LogP contribution in [-0.4, -0.2) is 105 Å². The maximum absolute atomic E-state index is 12.9. The molecule has 1 saturated heterocycles. The summed E-state index contributed by atoms with van der Waals surface area (Å²) in [4.78, 5) is 37.1. The van der Waals surface area contributed by atoms with Crippen LogP contribution in [0.5, 0.6) is 0 Å². The molecule has 2 aliphatic heterocycles. The SMILES string of the molecule is CN1CCN(C(=O)c2n[nH]c3c2CN(Cc2ccco2)CC3)CC1.O=C(O)C(F)(F)F.O=C(O)C(F)(F)F. The number of aromatic amines is 1. The Bertz CT molecular complexity index is 1050. The average molecular weight is 557 g/mol. The highest BCUT2D eigenvalue weighted by atomic mass is 19.4. The lowest BCUT2D eigenvalue weighted by molar-refractivity contribution is -0.193. The Hall–Kier alpha value is -3.60. The molecule has 0 spiro atoms. The highest BCUT2D eigenvalue weighted by Gasteiger charge is 2.39. The standard InChI is InChI=1S/C17H23N5O2.2C2HF3O2/c1-20-6-8-22(9-7-20)17(23)16-14-12-21(5-4-15(14)18-19-16)11-13-3-2-10-24-13;2*3-2(4,5)1(6)7/h2-3,10H,4-9,11-12H2,1H3,(H,18,19);2*(H,6,7). The molecule has 1 fully saturated rings. The van der Waals surface area contributed by atoms with Crippen LogP contribution in [0.2, 0.25) is 0 Å². The van der Waals surface area contributed by atoms with Crippen LogP contribution >= 0.6 is 0 Å². The van der Waals surface area contributed by atoms with Gasteiger partial charge in [-0.1, -0.05) is 0 Å². The van der Waals surface area contributed by atoms with Gasteiger partial charge in [-0.15, -0.1) is 0 Å². The molecule has 0 aromatic carbocycles. The Labute approximate surface area is 211 Å². The first-order valence-corrected chi connectivity index (χ1v) is 11.0. The average Bonchev–Trinajstić information content (AvgIpc) is 3.48. The third-order valence-electron chi connectivity index (χ3n) is 5.45. The van der Waals surface area contributed by atoms with Crippen LogP contribution in [0.15, 0.2) is 22.8 Å². The summed E-state index contributed by atoms with van der Waals surface area (Å²) in [5.74, 6) is -4.51. The minimum atomic E-state index is -5.08. The van der Waals surface area contributed by atoms with Gasteiger partial charge in [0.2, 0.25) is 0 Å². The molecule has 0 aliphatic carbocycles. The number of likely N-dealkylation sites (N-methyl/N-ethyl adjacent to an activating group) is 1. The molecule has 2 aromatic heterocycles. The van der Waals surface area contributed by atoms with Gasteiger partial charge in [0.1, 0.15) is 5.76 Å². The number of carbonyl (C=O) groups excluding carboxylic acids is 1. The van der Waals surface area contributed by atoms with E-state index in [9.17, 15) is 31.1 Å².